The Hall–Kier alpha value is -1.10. The van der Waals surface area contributed by atoms with Crippen molar-refractivity contribution in [1.82, 2.24) is 4.90 Å². The van der Waals surface area contributed by atoms with E-state index < -0.39 is 18.0 Å². The number of carboxylic acid groups (broad SMARTS) is 1. The standard InChI is InChI=1S/C14H23NO4/c1-8-5-11(12(6-8)14(18)19)13(17)15-4-3-10(7-15)9(2)16/h8-12,16H,3-7H2,1-2H3,(H,18,19)/t8?,9?,10?,11-,12+/m0/s1. The lowest BCUT2D eigenvalue weighted by Gasteiger charge is -2.23. The molecule has 0 radical (unpaired) electrons. The molecule has 5 nitrogen and oxygen atoms in total. The van der Waals surface area contributed by atoms with Crippen molar-refractivity contribution in [2.45, 2.75) is 39.2 Å². The molecule has 0 aromatic rings. The van der Waals surface area contributed by atoms with Gasteiger partial charge >= 0.3 is 5.97 Å². The normalized spacial score (nSPS) is 36.5. The Labute approximate surface area is 113 Å². The largest absolute Gasteiger partial charge is 0.481 e. The van der Waals surface area contributed by atoms with E-state index in [1.165, 1.54) is 0 Å². The van der Waals surface area contributed by atoms with E-state index in [1.54, 1.807) is 11.8 Å². The van der Waals surface area contributed by atoms with Gasteiger partial charge in [-0.05, 0) is 32.1 Å². The number of aliphatic hydroxyl groups excluding tert-OH is 1. The molecule has 5 atom stereocenters. The van der Waals surface area contributed by atoms with Crippen LogP contribution in [0.4, 0.5) is 0 Å². The molecule has 1 aliphatic heterocycles. The van der Waals surface area contributed by atoms with Crippen molar-refractivity contribution in [1.29, 1.82) is 0 Å². The van der Waals surface area contributed by atoms with Crippen molar-refractivity contribution in [3.8, 4) is 0 Å². The van der Waals surface area contributed by atoms with E-state index in [0.717, 1.165) is 6.42 Å². The number of hydrogen-bond acceptors (Lipinski definition) is 3. The molecule has 0 bridgehead atoms. The van der Waals surface area contributed by atoms with E-state index in [2.05, 4.69) is 0 Å². The summed E-state index contributed by atoms with van der Waals surface area (Å²) in [6.07, 6.45) is 1.67. The van der Waals surface area contributed by atoms with E-state index in [1.807, 2.05) is 6.92 Å². The maximum Gasteiger partial charge on any atom is 0.307 e. The van der Waals surface area contributed by atoms with Gasteiger partial charge in [-0.2, -0.15) is 0 Å². The molecule has 108 valence electrons. The molecule has 0 aromatic heterocycles. The molecule has 2 fully saturated rings. The molecule has 0 aromatic carbocycles. The molecule has 1 saturated carbocycles. The second kappa shape index (κ2) is 5.49. The van der Waals surface area contributed by atoms with Gasteiger partial charge in [-0.3, -0.25) is 9.59 Å². The molecule has 19 heavy (non-hydrogen) atoms. The van der Waals surface area contributed by atoms with Crippen molar-refractivity contribution in [2.24, 2.45) is 23.7 Å². The van der Waals surface area contributed by atoms with Crippen LogP contribution in [0.1, 0.15) is 33.1 Å². The topological polar surface area (TPSA) is 77.8 Å². The molecular formula is C14H23NO4. The Kier molecular flexibility index (Phi) is 4.13. The third kappa shape index (κ3) is 2.91. The SMILES string of the molecule is CC1C[C@H](C(=O)N2CCC(C(C)O)C2)[C@H](C(=O)O)C1. The number of amides is 1. The maximum absolute atomic E-state index is 12.5. The lowest BCUT2D eigenvalue weighted by molar-refractivity contribution is -0.148. The minimum Gasteiger partial charge on any atom is -0.481 e. The molecular weight excluding hydrogens is 246 g/mol. The average molecular weight is 269 g/mol. The monoisotopic (exact) mass is 269 g/mol. The summed E-state index contributed by atoms with van der Waals surface area (Å²) in [5.74, 6) is -1.36. The van der Waals surface area contributed by atoms with Crippen LogP contribution in [0.15, 0.2) is 0 Å². The second-order valence-corrected chi connectivity index (χ2v) is 6.20. The van der Waals surface area contributed by atoms with Crippen LogP contribution in [0.2, 0.25) is 0 Å². The van der Waals surface area contributed by atoms with Crippen LogP contribution >= 0.6 is 0 Å². The quantitative estimate of drug-likeness (QED) is 0.800. The summed E-state index contributed by atoms with van der Waals surface area (Å²) in [5, 5.41) is 18.8. The summed E-state index contributed by atoms with van der Waals surface area (Å²) in [4.78, 5) is 25.4. The third-order valence-electron chi connectivity index (χ3n) is 4.65. The van der Waals surface area contributed by atoms with Crippen molar-refractivity contribution in [2.75, 3.05) is 13.1 Å². The molecule has 1 saturated heterocycles. The summed E-state index contributed by atoms with van der Waals surface area (Å²) in [5.41, 5.74) is 0. The van der Waals surface area contributed by atoms with Crippen LogP contribution in [-0.4, -0.2) is 46.2 Å². The van der Waals surface area contributed by atoms with E-state index >= 15 is 0 Å². The van der Waals surface area contributed by atoms with Gasteiger partial charge in [0.15, 0.2) is 0 Å². The second-order valence-electron chi connectivity index (χ2n) is 6.20. The fraction of sp³-hybridized carbons (Fsp3) is 0.857. The van der Waals surface area contributed by atoms with E-state index in [-0.39, 0.29) is 17.7 Å². The fourth-order valence-corrected chi connectivity index (χ4v) is 3.45. The van der Waals surface area contributed by atoms with Crippen LogP contribution < -0.4 is 0 Å². The van der Waals surface area contributed by atoms with Crippen LogP contribution in [0, 0.1) is 23.7 Å². The highest BCUT2D eigenvalue weighted by atomic mass is 16.4. The average Bonchev–Trinajstić information content (AvgIpc) is 2.94. The number of carbonyl (C=O) groups excluding carboxylic acids is 1. The summed E-state index contributed by atoms with van der Waals surface area (Å²) >= 11 is 0. The molecule has 3 unspecified atom stereocenters. The minimum atomic E-state index is -0.853. The lowest BCUT2D eigenvalue weighted by atomic mass is 9.95. The van der Waals surface area contributed by atoms with Gasteiger partial charge in [0.1, 0.15) is 0 Å². The number of carbonyl (C=O) groups is 2. The van der Waals surface area contributed by atoms with Crippen LogP contribution in [0.3, 0.4) is 0 Å². The Morgan fingerprint density at radius 2 is 1.89 bits per heavy atom. The minimum absolute atomic E-state index is 0.0279. The van der Waals surface area contributed by atoms with Gasteiger partial charge in [0.2, 0.25) is 5.91 Å². The highest BCUT2D eigenvalue weighted by Crippen LogP contribution is 2.38. The van der Waals surface area contributed by atoms with Crippen molar-refractivity contribution in [3.63, 3.8) is 0 Å². The zero-order chi connectivity index (χ0) is 14.2. The Balaban J connectivity index is 2.01. The number of hydrogen-bond donors (Lipinski definition) is 2. The maximum atomic E-state index is 12.5. The molecule has 2 aliphatic rings. The fourth-order valence-electron chi connectivity index (χ4n) is 3.45. The lowest BCUT2D eigenvalue weighted by Crippen LogP contribution is -2.38. The number of likely N-dealkylation sites (tertiary alicyclic amines) is 1. The summed E-state index contributed by atoms with van der Waals surface area (Å²) < 4.78 is 0. The predicted octanol–water partition coefficient (Wildman–Crippen LogP) is 0.963. The Morgan fingerprint density at radius 3 is 2.42 bits per heavy atom. The number of aliphatic hydroxyl groups is 1. The first-order chi connectivity index (χ1) is 8.90. The molecule has 5 heteroatoms. The third-order valence-corrected chi connectivity index (χ3v) is 4.65. The van der Waals surface area contributed by atoms with Crippen molar-refractivity contribution in [3.05, 3.63) is 0 Å². The summed E-state index contributed by atoms with van der Waals surface area (Å²) in [7, 11) is 0. The summed E-state index contributed by atoms with van der Waals surface area (Å²) in [6.45, 7) is 4.96. The Bertz CT molecular complexity index is 368. The van der Waals surface area contributed by atoms with Crippen LogP contribution in [0.25, 0.3) is 0 Å². The molecule has 2 N–H and O–H groups in total. The number of rotatable bonds is 3. The molecule has 1 heterocycles. The first-order valence-electron chi connectivity index (χ1n) is 7.09. The molecule has 1 aliphatic carbocycles. The first-order valence-corrected chi connectivity index (χ1v) is 7.09. The van der Waals surface area contributed by atoms with Gasteiger partial charge in [-0.25, -0.2) is 0 Å². The van der Waals surface area contributed by atoms with E-state index in [9.17, 15) is 19.8 Å². The molecule has 0 spiro atoms. The van der Waals surface area contributed by atoms with Crippen LogP contribution in [0.5, 0.6) is 0 Å². The molecule has 2 rings (SSSR count). The number of aliphatic carboxylic acids is 1. The van der Waals surface area contributed by atoms with Gasteiger partial charge in [-0.15, -0.1) is 0 Å². The van der Waals surface area contributed by atoms with Crippen molar-refractivity contribution < 1.29 is 19.8 Å². The highest BCUT2D eigenvalue weighted by molar-refractivity contribution is 5.85. The first kappa shape index (κ1) is 14.3. The van der Waals surface area contributed by atoms with E-state index in [4.69, 9.17) is 0 Å². The van der Waals surface area contributed by atoms with Crippen LogP contribution in [-0.2, 0) is 9.59 Å². The zero-order valence-corrected chi connectivity index (χ0v) is 11.6. The zero-order valence-electron chi connectivity index (χ0n) is 11.6. The van der Waals surface area contributed by atoms with E-state index in [0.29, 0.717) is 31.8 Å². The Morgan fingerprint density at radius 1 is 1.26 bits per heavy atom. The van der Waals surface area contributed by atoms with Gasteiger partial charge in [0.25, 0.3) is 0 Å². The highest BCUT2D eigenvalue weighted by Gasteiger charge is 2.44. The van der Waals surface area contributed by atoms with Gasteiger partial charge < -0.3 is 15.1 Å². The summed E-state index contributed by atoms with van der Waals surface area (Å²) in [6, 6.07) is 0. The smallest absolute Gasteiger partial charge is 0.307 e. The van der Waals surface area contributed by atoms with Gasteiger partial charge in [0, 0.05) is 19.0 Å². The number of carboxylic acids is 1. The number of nitrogens with zero attached hydrogens (tertiary/aromatic N) is 1. The predicted molar refractivity (Wildman–Crippen MR) is 69.4 cm³/mol. The molecule has 1 amide bonds. The van der Waals surface area contributed by atoms with Gasteiger partial charge in [-0.1, -0.05) is 6.92 Å². The van der Waals surface area contributed by atoms with Crippen molar-refractivity contribution >= 4 is 11.9 Å². The van der Waals surface area contributed by atoms with Gasteiger partial charge in [0.05, 0.1) is 17.9 Å².